The number of hydrogen-bond donors (Lipinski definition) is 0. The highest BCUT2D eigenvalue weighted by molar-refractivity contribution is 5.82. The molecule has 0 aliphatic heterocycles. The molecule has 0 spiro atoms. The maximum atomic E-state index is 11.2. The third-order valence-corrected chi connectivity index (χ3v) is 4.11. The average Bonchev–Trinajstić information content (AvgIpc) is 3.00. The van der Waals surface area contributed by atoms with Crippen molar-refractivity contribution in [2.24, 2.45) is 0 Å². The van der Waals surface area contributed by atoms with Gasteiger partial charge in [0, 0.05) is 12.2 Å². The molecular formula is C21H18O4. The van der Waals surface area contributed by atoms with Gasteiger partial charge in [-0.1, -0.05) is 49.6 Å². The SMILES string of the molecule is C=CC(=O)OCc1ccc2c(c1)Cc1cc(COC(=O)C=C)ccc1-2. The van der Waals surface area contributed by atoms with Crippen molar-refractivity contribution >= 4 is 11.9 Å². The normalized spacial score (nSPS) is 11.2. The van der Waals surface area contributed by atoms with E-state index in [4.69, 9.17) is 9.47 Å². The maximum absolute atomic E-state index is 11.2. The molecule has 0 saturated carbocycles. The Morgan fingerprint density at radius 1 is 0.840 bits per heavy atom. The minimum atomic E-state index is -0.428. The van der Waals surface area contributed by atoms with Crippen LogP contribution in [-0.2, 0) is 38.7 Å². The van der Waals surface area contributed by atoms with Crippen molar-refractivity contribution in [3.05, 3.63) is 84.0 Å². The Balaban J connectivity index is 1.75. The Bertz CT molecular complexity index is 793. The number of esters is 2. The first kappa shape index (κ1) is 16.7. The Labute approximate surface area is 146 Å². The fraction of sp³-hybridized carbons (Fsp3) is 0.143. The average molecular weight is 334 g/mol. The zero-order chi connectivity index (χ0) is 17.8. The van der Waals surface area contributed by atoms with Crippen LogP contribution in [0.5, 0.6) is 0 Å². The van der Waals surface area contributed by atoms with E-state index in [9.17, 15) is 9.59 Å². The smallest absolute Gasteiger partial charge is 0.330 e. The first-order valence-corrected chi connectivity index (χ1v) is 7.93. The molecule has 0 bridgehead atoms. The fourth-order valence-electron chi connectivity index (χ4n) is 2.92. The molecule has 0 aromatic heterocycles. The largest absolute Gasteiger partial charge is 0.458 e. The molecule has 2 aromatic rings. The molecular weight excluding hydrogens is 316 g/mol. The highest BCUT2D eigenvalue weighted by atomic mass is 16.5. The van der Waals surface area contributed by atoms with Crippen molar-refractivity contribution in [2.75, 3.05) is 0 Å². The van der Waals surface area contributed by atoms with Crippen LogP contribution in [0.2, 0.25) is 0 Å². The summed E-state index contributed by atoms with van der Waals surface area (Å²) in [6.07, 6.45) is 3.12. The van der Waals surface area contributed by atoms with Crippen LogP contribution in [0, 0.1) is 0 Å². The van der Waals surface area contributed by atoms with E-state index in [-0.39, 0.29) is 13.2 Å². The third-order valence-electron chi connectivity index (χ3n) is 4.11. The third kappa shape index (κ3) is 3.69. The Morgan fingerprint density at radius 2 is 1.28 bits per heavy atom. The number of carbonyl (C=O) groups excluding carboxylic acids is 2. The molecule has 1 aliphatic carbocycles. The van der Waals surface area contributed by atoms with E-state index in [1.807, 2.05) is 12.1 Å². The van der Waals surface area contributed by atoms with Crippen molar-refractivity contribution in [2.45, 2.75) is 19.6 Å². The van der Waals surface area contributed by atoms with Gasteiger partial charge in [0.15, 0.2) is 0 Å². The van der Waals surface area contributed by atoms with Gasteiger partial charge in [-0.3, -0.25) is 0 Å². The summed E-state index contributed by atoms with van der Waals surface area (Å²) in [7, 11) is 0. The Kier molecular flexibility index (Phi) is 4.80. The van der Waals surface area contributed by atoms with Gasteiger partial charge in [-0.15, -0.1) is 0 Å². The van der Waals surface area contributed by atoms with E-state index in [1.54, 1.807) is 0 Å². The van der Waals surface area contributed by atoms with Crippen molar-refractivity contribution in [1.82, 2.24) is 0 Å². The molecule has 3 rings (SSSR count). The van der Waals surface area contributed by atoms with Gasteiger partial charge in [-0.25, -0.2) is 9.59 Å². The molecule has 0 unspecified atom stereocenters. The highest BCUT2D eigenvalue weighted by Crippen LogP contribution is 2.37. The summed E-state index contributed by atoms with van der Waals surface area (Å²) in [5.74, 6) is -0.856. The summed E-state index contributed by atoms with van der Waals surface area (Å²) in [6.45, 7) is 7.24. The van der Waals surface area contributed by atoms with Gasteiger partial charge in [0.05, 0.1) is 0 Å². The van der Waals surface area contributed by atoms with Gasteiger partial charge in [0.2, 0.25) is 0 Å². The van der Waals surface area contributed by atoms with Crippen LogP contribution >= 0.6 is 0 Å². The molecule has 1 aliphatic rings. The molecule has 2 aromatic carbocycles. The second-order valence-electron chi connectivity index (χ2n) is 5.78. The summed E-state index contributed by atoms with van der Waals surface area (Å²) < 4.78 is 10.2. The van der Waals surface area contributed by atoms with Gasteiger partial charge >= 0.3 is 11.9 Å². The minimum absolute atomic E-state index is 0.233. The lowest BCUT2D eigenvalue weighted by molar-refractivity contribution is -0.139. The zero-order valence-corrected chi connectivity index (χ0v) is 13.8. The molecule has 4 heteroatoms. The van der Waals surface area contributed by atoms with E-state index >= 15 is 0 Å². The van der Waals surface area contributed by atoms with Crippen molar-refractivity contribution in [1.29, 1.82) is 0 Å². The van der Waals surface area contributed by atoms with Crippen LogP contribution in [-0.4, -0.2) is 11.9 Å². The monoisotopic (exact) mass is 334 g/mol. The van der Waals surface area contributed by atoms with Crippen molar-refractivity contribution < 1.29 is 19.1 Å². The summed E-state index contributed by atoms with van der Waals surface area (Å²) in [5, 5.41) is 0. The first-order valence-electron chi connectivity index (χ1n) is 7.93. The molecule has 0 heterocycles. The second-order valence-corrected chi connectivity index (χ2v) is 5.78. The van der Waals surface area contributed by atoms with Crippen LogP contribution in [0.1, 0.15) is 22.3 Å². The number of hydrogen-bond acceptors (Lipinski definition) is 4. The second kappa shape index (κ2) is 7.18. The number of fused-ring (bicyclic) bond motifs is 3. The van der Waals surface area contributed by atoms with Crippen LogP contribution in [0.4, 0.5) is 0 Å². The summed E-state index contributed by atoms with van der Waals surface area (Å²) in [4.78, 5) is 22.4. The zero-order valence-electron chi connectivity index (χ0n) is 13.8. The van der Waals surface area contributed by atoms with E-state index in [0.29, 0.717) is 0 Å². The predicted molar refractivity (Wildman–Crippen MR) is 94.7 cm³/mol. The van der Waals surface area contributed by atoms with Crippen molar-refractivity contribution in [3.63, 3.8) is 0 Å². The molecule has 0 radical (unpaired) electrons. The van der Waals surface area contributed by atoms with Crippen LogP contribution < -0.4 is 0 Å². The highest BCUT2D eigenvalue weighted by Gasteiger charge is 2.19. The number of ether oxygens (including phenoxy) is 2. The number of carbonyl (C=O) groups is 2. The van der Waals surface area contributed by atoms with Gasteiger partial charge in [0.1, 0.15) is 13.2 Å². The van der Waals surface area contributed by atoms with Crippen LogP contribution in [0.3, 0.4) is 0 Å². The van der Waals surface area contributed by atoms with E-state index in [0.717, 1.165) is 29.7 Å². The van der Waals surface area contributed by atoms with Crippen molar-refractivity contribution in [3.8, 4) is 11.1 Å². The molecule has 0 amide bonds. The van der Waals surface area contributed by atoms with Crippen LogP contribution in [0.15, 0.2) is 61.7 Å². The lowest BCUT2D eigenvalue weighted by atomic mass is 10.0. The quantitative estimate of drug-likeness (QED) is 0.509. The fourth-order valence-corrected chi connectivity index (χ4v) is 2.92. The first-order chi connectivity index (χ1) is 12.1. The molecule has 25 heavy (non-hydrogen) atoms. The van der Waals surface area contributed by atoms with E-state index in [2.05, 4.69) is 37.4 Å². The molecule has 0 saturated heterocycles. The van der Waals surface area contributed by atoms with Gasteiger partial charge in [-0.05, 0) is 39.8 Å². The molecule has 0 fully saturated rings. The van der Waals surface area contributed by atoms with Gasteiger partial charge < -0.3 is 9.47 Å². The minimum Gasteiger partial charge on any atom is -0.458 e. The van der Waals surface area contributed by atoms with Gasteiger partial charge in [0.25, 0.3) is 0 Å². The molecule has 4 nitrogen and oxygen atoms in total. The van der Waals surface area contributed by atoms with Crippen LogP contribution in [0.25, 0.3) is 11.1 Å². The topological polar surface area (TPSA) is 52.6 Å². The lowest BCUT2D eigenvalue weighted by Crippen LogP contribution is -2.00. The maximum Gasteiger partial charge on any atom is 0.330 e. The Morgan fingerprint density at radius 3 is 1.68 bits per heavy atom. The number of rotatable bonds is 6. The molecule has 0 atom stereocenters. The standard InChI is InChI=1S/C21H18O4/c1-3-20(22)24-12-14-5-7-18-16(9-14)11-17-10-15(6-8-19(17)18)13-25-21(23)4-2/h3-10H,1-2,11-13H2. The summed E-state index contributed by atoms with van der Waals surface area (Å²) in [6, 6.07) is 12.1. The lowest BCUT2D eigenvalue weighted by Gasteiger charge is -2.06. The van der Waals surface area contributed by atoms with E-state index < -0.39 is 11.9 Å². The summed E-state index contributed by atoms with van der Waals surface area (Å²) >= 11 is 0. The summed E-state index contributed by atoms with van der Waals surface area (Å²) in [5.41, 5.74) is 6.65. The van der Waals surface area contributed by atoms with E-state index in [1.165, 1.54) is 22.3 Å². The predicted octanol–water partition coefficient (Wildman–Crippen LogP) is 3.72. The molecule has 0 N–H and O–H groups in total. The Hall–Kier alpha value is -3.14. The number of benzene rings is 2. The van der Waals surface area contributed by atoms with Gasteiger partial charge in [-0.2, -0.15) is 0 Å². The molecule has 126 valence electrons.